The molecule has 0 radical (unpaired) electrons. The van der Waals surface area contributed by atoms with Crippen molar-refractivity contribution in [2.24, 2.45) is 0 Å². The van der Waals surface area contributed by atoms with Crippen molar-refractivity contribution in [3.63, 3.8) is 0 Å². The second kappa shape index (κ2) is 11.1. The average molecular weight is 535 g/mol. The Balaban J connectivity index is 1.47. The molecule has 0 aromatic heterocycles. The first-order chi connectivity index (χ1) is 17.9. The van der Waals surface area contributed by atoms with Gasteiger partial charge in [0.05, 0.1) is 8.47 Å². The zero-order chi connectivity index (χ0) is 24.2. The van der Waals surface area contributed by atoms with Crippen LogP contribution in [0.5, 0.6) is 0 Å². The molecule has 174 valence electrons. The number of benzene rings is 4. The Kier molecular flexibility index (Phi) is 7.29. The second-order valence-corrected chi connectivity index (χ2v) is 12.4. The highest BCUT2D eigenvalue weighted by atomic mass is 32.2. The van der Waals surface area contributed by atoms with Gasteiger partial charge in [-0.2, -0.15) is 0 Å². The summed E-state index contributed by atoms with van der Waals surface area (Å²) in [5.41, 5.74) is 2.41. The van der Waals surface area contributed by atoms with Crippen LogP contribution in [0.4, 0.5) is 0 Å². The first-order valence-electron chi connectivity index (χ1n) is 11.6. The lowest BCUT2D eigenvalue weighted by atomic mass is 9.97. The molecule has 0 nitrogen and oxygen atoms in total. The number of fused-ring (bicyclic) bond motifs is 2. The topological polar surface area (TPSA) is 0 Å². The molecule has 0 saturated carbocycles. The summed E-state index contributed by atoms with van der Waals surface area (Å²) in [7, 11) is 0. The molecule has 4 aromatic carbocycles. The van der Waals surface area contributed by atoms with Crippen LogP contribution >= 0.6 is 47.0 Å². The fourth-order valence-electron chi connectivity index (χ4n) is 4.41. The van der Waals surface area contributed by atoms with Crippen molar-refractivity contribution in [1.29, 1.82) is 0 Å². The zero-order valence-electron chi connectivity index (χ0n) is 19.3. The third kappa shape index (κ3) is 4.91. The van der Waals surface area contributed by atoms with E-state index in [0.29, 0.717) is 0 Å². The van der Waals surface area contributed by atoms with Crippen molar-refractivity contribution in [1.82, 2.24) is 0 Å². The summed E-state index contributed by atoms with van der Waals surface area (Å²) >= 11 is 7.31. The van der Waals surface area contributed by atoms with Gasteiger partial charge in [0.2, 0.25) is 0 Å². The van der Waals surface area contributed by atoms with Gasteiger partial charge in [-0.05, 0) is 60.4 Å². The van der Waals surface area contributed by atoms with Gasteiger partial charge in [0.15, 0.2) is 0 Å². The fourth-order valence-corrected chi connectivity index (χ4v) is 8.26. The van der Waals surface area contributed by atoms with Gasteiger partial charge in [0.25, 0.3) is 0 Å². The Morgan fingerprint density at radius 3 is 1.53 bits per heavy atom. The number of allylic oxidation sites excluding steroid dienone is 4. The smallest absolute Gasteiger partial charge is 0.0571 e. The maximum absolute atomic E-state index is 2.36. The monoisotopic (exact) mass is 534 g/mol. The van der Waals surface area contributed by atoms with Crippen LogP contribution in [0.3, 0.4) is 0 Å². The van der Waals surface area contributed by atoms with Crippen molar-refractivity contribution in [2.75, 3.05) is 0 Å². The predicted molar refractivity (Wildman–Crippen MR) is 170 cm³/mol. The van der Waals surface area contributed by atoms with E-state index in [4.69, 9.17) is 0 Å². The summed E-state index contributed by atoms with van der Waals surface area (Å²) in [5.74, 6) is 0. The molecule has 0 unspecified atom stereocenters. The summed E-state index contributed by atoms with van der Waals surface area (Å²) < 4.78 is 2.71. The van der Waals surface area contributed by atoms with Crippen LogP contribution in [0, 0.1) is 0 Å². The summed E-state index contributed by atoms with van der Waals surface area (Å²) in [4.78, 5) is 0. The van der Waals surface area contributed by atoms with E-state index in [1.165, 1.54) is 51.6 Å². The molecule has 2 heterocycles. The van der Waals surface area contributed by atoms with E-state index in [2.05, 4.69) is 125 Å². The molecule has 2 aliphatic rings. The molecule has 0 spiro atoms. The lowest BCUT2D eigenvalue weighted by molar-refractivity contribution is 1.66. The number of rotatable bonds is 4. The van der Waals surface area contributed by atoms with E-state index >= 15 is 0 Å². The number of hydrogen-bond donors (Lipinski definition) is 0. The van der Waals surface area contributed by atoms with Crippen LogP contribution < -0.4 is 10.4 Å². The standard InChI is InChI=1S/C32H22S4/c1(4-10-23-11-6-3-7-12-23)2-5-13-24-16-17-27-28(22-24)30(32-35-20-21-36-32)26-15-9-8-14-25(26)29(27)31-33-18-19-34-31/h1-22H/b2-1+,10-4+,13-5+. The quantitative estimate of drug-likeness (QED) is 0.189. The molecule has 0 bridgehead atoms. The van der Waals surface area contributed by atoms with Gasteiger partial charge < -0.3 is 0 Å². The van der Waals surface area contributed by atoms with Gasteiger partial charge >= 0.3 is 0 Å². The van der Waals surface area contributed by atoms with Gasteiger partial charge in [-0.25, -0.2) is 0 Å². The molecule has 0 N–H and O–H groups in total. The number of hydrogen-bond acceptors (Lipinski definition) is 4. The van der Waals surface area contributed by atoms with Gasteiger partial charge in [0.1, 0.15) is 0 Å². The van der Waals surface area contributed by atoms with E-state index in [-0.39, 0.29) is 0 Å². The van der Waals surface area contributed by atoms with Crippen LogP contribution in [0.2, 0.25) is 0 Å². The summed E-state index contributed by atoms with van der Waals surface area (Å²) in [6.07, 6.45) is 12.7. The van der Waals surface area contributed by atoms with E-state index < -0.39 is 0 Å². The van der Waals surface area contributed by atoms with Crippen molar-refractivity contribution in [2.45, 2.75) is 0 Å². The summed E-state index contributed by atoms with van der Waals surface area (Å²) in [6, 6.07) is 26.2. The maximum atomic E-state index is 2.36. The molecule has 0 fully saturated rings. The van der Waals surface area contributed by atoms with E-state index in [1.54, 1.807) is 0 Å². The Labute approximate surface area is 228 Å². The Bertz CT molecular complexity index is 1700. The van der Waals surface area contributed by atoms with Gasteiger partial charge in [-0.3, -0.25) is 0 Å². The highest BCUT2D eigenvalue weighted by molar-refractivity contribution is 8.35. The molecule has 2 aliphatic heterocycles. The van der Waals surface area contributed by atoms with Crippen LogP contribution in [0.15, 0.2) is 119 Å². The maximum Gasteiger partial charge on any atom is 0.0571 e. The molecule has 0 amide bonds. The van der Waals surface area contributed by atoms with Crippen LogP contribution in [-0.2, 0) is 0 Å². The molecule has 6 rings (SSSR count). The van der Waals surface area contributed by atoms with Crippen LogP contribution in [0.1, 0.15) is 11.1 Å². The Morgan fingerprint density at radius 1 is 0.417 bits per heavy atom. The van der Waals surface area contributed by atoms with Crippen molar-refractivity contribution < 1.29 is 0 Å². The fraction of sp³-hybridized carbons (Fsp3) is 0. The molecule has 4 heteroatoms. The van der Waals surface area contributed by atoms with Gasteiger partial charge in [-0.15, -0.1) is 0 Å². The van der Waals surface area contributed by atoms with Crippen molar-refractivity contribution in [3.05, 3.63) is 140 Å². The Morgan fingerprint density at radius 2 is 0.917 bits per heavy atom. The van der Waals surface area contributed by atoms with E-state index in [0.717, 1.165) is 0 Å². The van der Waals surface area contributed by atoms with Gasteiger partial charge in [0, 0.05) is 10.4 Å². The Hall–Kier alpha value is -2.76. The minimum absolute atomic E-state index is 1.21. The third-order valence-corrected chi connectivity index (χ3v) is 10.2. The first kappa shape index (κ1) is 23.6. The van der Waals surface area contributed by atoms with Crippen LogP contribution in [-0.4, -0.2) is 0 Å². The second-order valence-electron chi connectivity index (χ2n) is 8.21. The molecule has 36 heavy (non-hydrogen) atoms. The third-order valence-electron chi connectivity index (χ3n) is 5.98. The van der Waals surface area contributed by atoms with Crippen molar-refractivity contribution in [3.8, 4) is 0 Å². The largest absolute Gasteiger partial charge is 0.0895 e. The highest BCUT2D eigenvalue weighted by Crippen LogP contribution is 2.41. The lowest BCUT2D eigenvalue weighted by Crippen LogP contribution is -2.16. The first-order valence-corrected chi connectivity index (χ1v) is 15.2. The minimum atomic E-state index is 1.21. The molecule has 4 aromatic rings. The molecule has 0 saturated heterocycles. The zero-order valence-corrected chi connectivity index (χ0v) is 22.6. The molecule has 0 atom stereocenters. The summed E-state index contributed by atoms with van der Waals surface area (Å²) in [5, 5.41) is 16.7. The normalized spacial score (nSPS) is 15.8. The minimum Gasteiger partial charge on any atom is -0.0895 e. The number of thioether (sulfide) groups is 4. The SMILES string of the molecule is C1=CSC(=c2c3ccccc3c(=C3SC=CS3)c3cc(/C=C/C=C/C=C/c4ccccc4)ccc23)S1. The van der Waals surface area contributed by atoms with E-state index in [1.807, 2.05) is 53.1 Å². The van der Waals surface area contributed by atoms with Crippen molar-refractivity contribution >= 4 is 89.2 Å². The average Bonchev–Trinajstić information content (AvgIpc) is 3.65. The molecule has 0 aliphatic carbocycles. The predicted octanol–water partition coefficient (Wildman–Crippen LogP) is 9.31. The molecular weight excluding hydrogens is 513 g/mol. The van der Waals surface area contributed by atoms with Crippen LogP contribution in [0.25, 0.3) is 42.2 Å². The van der Waals surface area contributed by atoms with E-state index in [9.17, 15) is 0 Å². The molecular formula is C32H22S4. The highest BCUT2D eigenvalue weighted by Gasteiger charge is 2.15. The summed E-state index contributed by atoms with van der Waals surface area (Å²) in [6.45, 7) is 0. The lowest BCUT2D eigenvalue weighted by Gasteiger charge is -2.11. The van der Waals surface area contributed by atoms with Gasteiger partial charge in [-0.1, -0.05) is 150 Å².